The highest BCUT2D eigenvalue weighted by Gasteiger charge is 2.30. The molecular formula is C15H20N2O2S. The Hall–Kier alpha value is -1.33. The summed E-state index contributed by atoms with van der Waals surface area (Å²) in [5.41, 5.74) is 1.06. The molecule has 0 aromatic heterocycles. The summed E-state index contributed by atoms with van der Waals surface area (Å²) in [6, 6.07) is 9.67. The smallest absolute Gasteiger partial charge is 0.248 e. The van der Waals surface area contributed by atoms with Crippen LogP contribution in [0.15, 0.2) is 35.3 Å². The molecule has 0 saturated heterocycles. The van der Waals surface area contributed by atoms with E-state index in [1.54, 1.807) is 16.7 Å². The van der Waals surface area contributed by atoms with Crippen molar-refractivity contribution in [2.24, 2.45) is 4.99 Å². The van der Waals surface area contributed by atoms with Crippen molar-refractivity contribution in [2.75, 3.05) is 18.9 Å². The minimum Gasteiger partial charge on any atom is -0.395 e. The van der Waals surface area contributed by atoms with Gasteiger partial charge in [-0.25, -0.2) is 0 Å². The van der Waals surface area contributed by atoms with Crippen LogP contribution in [0.2, 0.25) is 0 Å². The maximum atomic E-state index is 12.4. The Balaban J connectivity index is 2.11. The summed E-state index contributed by atoms with van der Waals surface area (Å²) in [7, 11) is 0. The van der Waals surface area contributed by atoms with Crippen molar-refractivity contribution in [1.29, 1.82) is 0 Å². The van der Waals surface area contributed by atoms with Crippen LogP contribution >= 0.6 is 11.8 Å². The first kappa shape index (κ1) is 15.1. The molecule has 1 aromatic rings. The lowest BCUT2D eigenvalue weighted by Crippen LogP contribution is -2.44. The van der Waals surface area contributed by atoms with Crippen molar-refractivity contribution in [3.63, 3.8) is 0 Å². The number of hydrogen-bond acceptors (Lipinski definition) is 4. The van der Waals surface area contributed by atoms with Gasteiger partial charge in [-0.3, -0.25) is 9.79 Å². The van der Waals surface area contributed by atoms with Crippen LogP contribution in [0.1, 0.15) is 19.4 Å². The van der Waals surface area contributed by atoms with Crippen LogP contribution in [0, 0.1) is 0 Å². The lowest BCUT2D eigenvalue weighted by molar-refractivity contribution is -0.134. The molecule has 0 saturated carbocycles. The molecule has 20 heavy (non-hydrogen) atoms. The highest BCUT2D eigenvalue weighted by atomic mass is 32.2. The maximum Gasteiger partial charge on any atom is 0.248 e. The van der Waals surface area contributed by atoms with E-state index in [4.69, 9.17) is 5.11 Å². The fourth-order valence-corrected chi connectivity index (χ4v) is 3.20. The average Bonchev–Trinajstić information content (AvgIpc) is 2.94. The lowest BCUT2D eigenvalue weighted by atomic mass is 10.2. The number of aliphatic imine (C=N–C) groups is 1. The van der Waals surface area contributed by atoms with Gasteiger partial charge in [-0.2, -0.15) is 0 Å². The van der Waals surface area contributed by atoms with Crippen LogP contribution in [-0.2, 0) is 4.79 Å². The second kappa shape index (κ2) is 6.90. The minimum absolute atomic E-state index is 0.00693. The fraction of sp³-hybridized carbons (Fsp3) is 0.467. The highest BCUT2D eigenvalue weighted by Crippen LogP contribution is 2.24. The average molecular weight is 292 g/mol. The Morgan fingerprint density at radius 2 is 2.15 bits per heavy atom. The molecule has 0 radical (unpaired) electrons. The van der Waals surface area contributed by atoms with Gasteiger partial charge in [0.05, 0.1) is 11.7 Å². The van der Waals surface area contributed by atoms with Crippen LogP contribution in [0.3, 0.4) is 0 Å². The number of rotatable bonds is 5. The standard InChI is InChI=1S/C15H20N2O2S/c1-11(2)17(8-9-18)15(19)13-10-20-14(16-13)12-6-4-3-5-7-12/h3-7,11,13,18H,8-10H2,1-2H3. The SMILES string of the molecule is CC(C)N(CCO)C(=O)C1CSC(c2ccccc2)=N1. The van der Waals surface area contributed by atoms with Crippen molar-refractivity contribution in [3.8, 4) is 0 Å². The second-order valence-electron chi connectivity index (χ2n) is 4.98. The Morgan fingerprint density at radius 3 is 2.75 bits per heavy atom. The predicted octanol–water partition coefficient (Wildman–Crippen LogP) is 1.78. The molecule has 4 nitrogen and oxygen atoms in total. The molecule has 1 aliphatic rings. The summed E-state index contributed by atoms with van der Waals surface area (Å²) < 4.78 is 0. The first-order valence-electron chi connectivity index (χ1n) is 6.81. The molecule has 1 unspecified atom stereocenters. The summed E-state index contributed by atoms with van der Waals surface area (Å²) in [5, 5.41) is 10.00. The number of benzene rings is 1. The monoisotopic (exact) mass is 292 g/mol. The number of thioether (sulfide) groups is 1. The van der Waals surface area contributed by atoms with Gasteiger partial charge in [0.25, 0.3) is 0 Å². The summed E-state index contributed by atoms with van der Waals surface area (Å²) in [5.74, 6) is 0.685. The number of aliphatic hydroxyl groups is 1. The van der Waals surface area contributed by atoms with E-state index in [9.17, 15) is 4.79 Å². The van der Waals surface area contributed by atoms with Gasteiger partial charge in [-0.1, -0.05) is 30.3 Å². The predicted molar refractivity (Wildman–Crippen MR) is 83.2 cm³/mol. The van der Waals surface area contributed by atoms with E-state index in [0.717, 1.165) is 10.6 Å². The van der Waals surface area contributed by atoms with Crippen molar-refractivity contribution < 1.29 is 9.90 Å². The third-order valence-corrected chi connectivity index (χ3v) is 4.30. The largest absolute Gasteiger partial charge is 0.395 e. The summed E-state index contributed by atoms with van der Waals surface area (Å²) in [6.07, 6.45) is 0. The zero-order valence-corrected chi connectivity index (χ0v) is 12.6. The molecule has 0 bridgehead atoms. The van der Waals surface area contributed by atoms with Crippen molar-refractivity contribution in [1.82, 2.24) is 4.90 Å². The fourth-order valence-electron chi connectivity index (χ4n) is 2.16. The van der Waals surface area contributed by atoms with Gasteiger partial charge in [0, 0.05) is 23.9 Å². The summed E-state index contributed by atoms with van der Waals surface area (Å²) >= 11 is 1.62. The normalized spacial score (nSPS) is 18.2. The van der Waals surface area contributed by atoms with E-state index in [1.807, 2.05) is 44.2 Å². The quantitative estimate of drug-likeness (QED) is 0.900. The van der Waals surface area contributed by atoms with Crippen molar-refractivity contribution >= 4 is 22.7 Å². The molecule has 2 rings (SSSR count). The molecule has 0 fully saturated rings. The third-order valence-electron chi connectivity index (χ3n) is 3.20. The van der Waals surface area contributed by atoms with Gasteiger partial charge in [0.15, 0.2) is 0 Å². The first-order valence-corrected chi connectivity index (χ1v) is 7.79. The van der Waals surface area contributed by atoms with Crippen LogP contribution in [0.5, 0.6) is 0 Å². The molecule has 1 heterocycles. The Bertz CT molecular complexity index is 488. The van der Waals surface area contributed by atoms with E-state index in [2.05, 4.69) is 4.99 Å². The van der Waals surface area contributed by atoms with Crippen LogP contribution < -0.4 is 0 Å². The number of carbonyl (C=O) groups excluding carboxylic acids is 1. The van der Waals surface area contributed by atoms with E-state index < -0.39 is 0 Å². The number of aliphatic hydroxyl groups excluding tert-OH is 1. The highest BCUT2D eigenvalue weighted by molar-refractivity contribution is 8.14. The summed E-state index contributed by atoms with van der Waals surface area (Å²) in [6.45, 7) is 4.27. The Labute approximate surface area is 123 Å². The van der Waals surface area contributed by atoms with E-state index in [0.29, 0.717) is 12.3 Å². The second-order valence-corrected chi connectivity index (χ2v) is 5.98. The Morgan fingerprint density at radius 1 is 1.45 bits per heavy atom. The molecule has 1 atom stereocenters. The van der Waals surface area contributed by atoms with Crippen LogP contribution in [0.4, 0.5) is 0 Å². The lowest BCUT2D eigenvalue weighted by Gasteiger charge is -2.27. The third kappa shape index (κ3) is 3.41. The summed E-state index contributed by atoms with van der Waals surface area (Å²) in [4.78, 5) is 18.7. The zero-order chi connectivity index (χ0) is 14.5. The zero-order valence-electron chi connectivity index (χ0n) is 11.8. The molecular weight excluding hydrogens is 272 g/mol. The maximum absolute atomic E-state index is 12.4. The first-order chi connectivity index (χ1) is 9.63. The van der Waals surface area contributed by atoms with Gasteiger partial charge in [-0.15, -0.1) is 11.8 Å². The number of nitrogens with zero attached hydrogens (tertiary/aromatic N) is 2. The molecule has 108 valence electrons. The van der Waals surface area contributed by atoms with E-state index >= 15 is 0 Å². The number of amides is 1. The molecule has 0 spiro atoms. The van der Waals surface area contributed by atoms with Gasteiger partial charge in [-0.05, 0) is 13.8 Å². The number of hydrogen-bond donors (Lipinski definition) is 1. The van der Waals surface area contributed by atoms with Gasteiger partial charge in [0.1, 0.15) is 6.04 Å². The molecule has 1 amide bonds. The van der Waals surface area contributed by atoms with Crippen LogP contribution in [0.25, 0.3) is 0 Å². The molecule has 1 aliphatic heterocycles. The van der Waals surface area contributed by atoms with Gasteiger partial charge in [0.2, 0.25) is 5.91 Å². The number of carbonyl (C=O) groups is 1. The van der Waals surface area contributed by atoms with E-state index in [1.165, 1.54) is 0 Å². The van der Waals surface area contributed by atoms with Crippen molar-refractivity contribution in [2.45, 2.75) is 25.9 Å². The minimum atomic E-state index is -0.329. The van der Waals surface area contributed by atoms with E-state index in [-0.39, 0.29) is 24.6 Å². The Kier molecular flexibility index (Phi) is 5.20. The van der Waals surface area contributed by atoms with Gasteiger partial charge < -0.3 is 10.0 Å². The molecule has 1 N–H and O–H groups in total. The molecule has 0 aliphatic carbocycles. The topological polar surface area (TPSA) is 52.9 Å². The molecule has 1 aromatic carbocycles. The molecule has 5 heteroatoms. The van der Waals surface area contributed by atoms with Crippen molar-refractivity contribution in [3.05, 3.63) is 35.9 Å². The van der Waals surface area contributed by atoms with Crippen LogP contribution in [-0.4, -0.2) is 51.9 Å². The van der Waals surface area contributed by atoms with Gasteiger partial charge >= 0.3 is 0 Å².